The number of hydrogen-bond donors (Lipinski definition) is 3. The SMILES string of the molecule is CCCCCN(CCCCC)S(=O)(=O)O[C@H]1CCC2C3CCc4cc(O)ccc4C3CC[C@@]21C.CCCCCN(CCCCC)S(=O)(=O)O[C@H]1CCC2C3CCc4cc(OCc5ccccc5)ccc4C3CC[C@@]21C.CCCCCN(CCCCC)S(=O)(=O)O[C@H]1CCC2C3CCc4cc(OSOON)ccc4C3CC[C@@]21C.C[C@]12CCC3c4ccc(OCc5ccccc5)cc4CCC3C1CC[C@@H]2OS(N)(=O)=O. The molecular formula is C116H173N5O18S5. The smallest absolute Gasteiger partial charge is 0.338 e. The van der Waals surface area contributed by atoms with Crippen molar-refractivity contribution in [2.45, 2.75) is 400 Å². The van der Waals surface area contributed by atoms with Gasteiger partial charge in [0.2, 0.25) is 0 Å². The zero-order valence-corrected chi connectivity index (χ0v) is 92.3. The van der Waals surface area contributed by atoms with Crippen LogP contribution in [-0.4, -0.2) is 115 Å². The number of phenols is 1. The summed E-state index contributed by atoms with van der Waals surface area (Å²) in [6.45, 7) is 26.6. The Hall–Kier alpha value is -5.77. The maximum absolute atomic E-state index is 13.6. The summed E-state index contributed by atoms with van der Waals surface area (Å²) in [5.74, 6) is 14.2. The summed E-state index contributed by atoms with van der Waals surface area (Å²) in [5, 5.41) is 15.1. The Morgan fingerprint density at radius 1 is 0.340 bits per heavy atom. The van der Waals surface area contributed by atoms with Gasteiger partial charge in [-0.15, -0.1) is 9.32 Å². The molecule has 144 heavy (non-hydrogen) atoms. The van der Waals surface area contributed by atoms with E-state index in [0.717, 1.165) is 275 Å². The minimum absolute atomic E-state index is 0.0804. The van der Waals surface area contributed by atoms with Gasteiger partial charge in [0.15, 0.2) is 0 Å². The lowest BCUT2D eigenvalue weighted by molar-refractivity contribution is -0.199. The Balaban J connectivity index is 0.000000145. The molecule has 8 saturated carbocycles. The molecule has 12 aliphatic rings. The van der Waals surface area contributed by atoms with Gasteiger partial charge in [-0.3, -0.25) is 16.7 Å². The van der Waals surface area contributed by atoms with E-state index >= 15 is 0 Å². The molecule has 0 aromatic heterocycles. The normalized spacial score (nSPS) is 29.5. The van der Waals surface area contributed by atoms with Gasteiger partial charge in [-0.1, -0.05) is 231 Å². The zero-order chi connectivity index (χ0) is 102. The average molecular weight is 2090 g/mol. The Bertz CT molecular complexity index is 5550. The first-order valence-corrected chi connectivity index (χ1v) is 62.2. The monoisotopic (exact) mass is 2080 g/mol. The minimum Gasteiger partial charge on any atom is -0.508 e. The molecule has 8 fully saturated rings. The van der Waals surface area contributed by atoms with E-state index in [0.29, 0.717) is 147 Å². The fourth-order valence-corrected chi connectivity index (χ4v) is 34.7. The molecule has 12 aliphatic carbocycles. The van der Waals surface area contributed by atoms with E-state index in [1.54, 1.807) is 12.9 Å². The average Bonchev–Trinajstić information content (AvgIpc) is 1.56. The third-order valence-electron chi connectivity index (χ3n) is 37.1. The standard InChI is InChI=1S/C35H51NO4S.C28H46N2O6S2.C28H45NO4S.C25H31NO4S/c1-4-6-11-23-36(24-12-7-5-2)41(37,38)40-34-20-19-33-32-17-15-28-25-29(39-26-27-13-9-8-10-14-27)16-18-30(28)31(32)21-22-35(33,34)3;1-4-6-8-18-30(19-9-7-5-2)38(31,32)34-27-15-14-26-25-12-10-21-20-22(33-37-36-35-29)11-13-23(21)24(25)16-17-28(26,27)3;1-4-6-8-18-29(19-9-7-5-2)34(31,32)33-27-15-14-26-25-12-10-21-20-22(30)11-13-23(21)24(25)16-17-28(26,27)3;1-25-14-13-21-20-10-8-19(29-16-17-5-3-2-4-6-17)15-18(20)7-9-22(21)23(25)11-12-24(25)30-31(26,27)28/h8-10,13-14,16,18,25,31-34H,4-7,11-12,15,17,19-24,26H2,1-3H3;11,13,20,24-27H,4-10,12,14-19,29H2,1-3H3;11,13,20,24-27,30H,4-10,12,14-19H2,1-3H3;2-6,8,10,15,21-24H,7,9,11-14,16H2,1H3,(H2,26,27,28)/t31?,32?,33?,34-,35-;2*24?,25?,26?,27-,28-;21?,22?,23?,24-,25-/m0000/s1. The number of rotatable bonds is 45. The van der Waals surface area contributed by atoms with E-state index in [9.17, 15) is 38.8 Å². The van der Waals surface area contributed by atoms with Crippen molar-refractivity contribution >= 4 is 53.5 Å². The molecule has 0 spiro atoms. The van der Waals surface area contributed by atoms with Crippen molar-refractivity contribution in [3.8, 4) is 23.0 Å². The Labute approximate surface area is 870 Å². The van der Waals surface area contributed by atoms with Gasteiger partial charge in [-0.05, 0) is 389 Å². The molecule has 5 N–H and O–H groups in total. The van der Waals surface area contributed by atoms with Gasteiger partial charge in [0.1, 0.15) is 36.2 Å². The van der Waals surface area contributed by atoms with Gasteiger partial charge in [0.05, 0.1) is 24.4 Å². The highest BCUT2D eigenvalue weighted by atomic mass is 32.2. The van der Waals surface area contributed by atoms with Crippen LogP contribution in [0.2, 0.25) is 0 Å². The molecule has 12 unspecified atom stereocenters. The zero-order valence-electron chi connectivity index (χ0n) is 88.2. The molecule has 18 rings (SSSR count). The van der Waals surface area contributed by atoms with Crippen LogP contribution in [-0.2, 0) is 106 Å². The highest BCUT2D eigenvalue weighted by Gasteiger charge is 2.62. The summed E-state index contributed by atoms with van der Waals surface area (Å²) in [7, 11) is -15.2. The molecule has 28 heteroatoms. The predicted octanol–water partition coefficient (Wildman–Crippen LogP) is 26.3. The number of hydrogen-bond acceptors (Lipinski definition) is 20. The highest BCUT2D eigenvalue weighted by Crippen LogP contribution is 2.67. The fourth-order valence-electron chi connectivity index (χ4n) is 29.5. The summed E-state index contributed by atoms with van der Waals surface area (Å²) in [4.78, 5) is 4.08. The van der Waals surface area contributed by atoms with Gasteiger partial charge in [0, 0.05) is 39.3 Å². The molecule has 0 amide bonds. The maximum atomic E-state index is 13.6. The number of benzene rings is 6. The first-order valence-electron chi connectivity index (χ1n) is 56.0. The quantitative estimate of drug-likeness (QED) is 0.0138. The molecule has 0 heterocycles. The van der Waals surface area contributed by atoms with Crippen molar-refractivity contribution in [3.05, 3.63) is 189 Å². The largest absolute Gasteiger partial charge is 0.508 e. The first-order chi connectivity index (χ1) is 69.3. The van der Waals surface area contributed by atoms with E-state index < -0.39 is 41.2 Å². The molecule has 0 radical (unpaired) electrons. The van der Waals surface area contributed by atoms with Crippen LogP contribution in [0.3, 0.4) is 0 Å². The lowest BCUT2D eigenvalue weighted by atomic mass is 9.55. The van der Waals surface area contributed by atoms with Crippen LogP contribution in [0.1, 0.15) is 393 Å². The van der Waals surface area contributed by atoms with Gasteiger partial charge < -0.3 is 18.8 Å². The van der Waals surface area contributed by atoms with E-state index in [1.807, 2.05) is 54.6 Å². The second-order valence-corrected chi connectivity index (χ2v) is 51.9. The topological polar surface area (TPSA) is 302 Å². The Kier molecular flexibility index (Phi) is 39.9. The summed E-state index contributed by atoms with van der Waals surface area (Å²) < 4.78 is 155. The predicted molar refractivity (Wildman–Crippen MR) is 573 cm³/mol. The molecule has 0 bridgehead atoms. The molecule has 6 aromatic carbocycles. The number of aryl methyl sites for hydroxylation is 4. The number of fused-ring (bicyclic) bond motifs is 20. The second-order valence-electron chi connectivity index (χ2n) is 45.6. The van der Waals surface area contributed by atoms with Crippen molar-refractivity contribution in [2.75, 3.05) is 39.3 Å². The van der Waals surface area contributed by atoms with Crippen LogP contribution in [0.25, 0.3) is 0 Å². The van der Waals surface area contributed by atoms with Crippen LogP contribution < -0.4 is 24.7 Å². The molecule has 23 nitrogen and oxygen atoms in total. The molecule has 0 aliphatic heterocycles. The summed E-state index contributed by atoms with van der Waals surface area (Å²) in [5.41, 5.74) is 13.2. The lowest BCUT2D eigenvalue weighted by Gasteiger charge is -2.50. The number of aromatic hydroxyl groups is 1. The maximum Gasteiger partial charge on any atom is 0.338 e. The van der Waals surface area contributed by atoms with Crippen LogP contribution >= 0.6 is 12.3 Å². The molecular weight excluding hydrogens is 1910 g/mol. The van der Waals surface area contributed by atoms with Crippen LogP contribution in [0, 0.1) is 69.0 Å². The van der Waals surface area contributed by atoms with Crippen LogP contribution in [0.15, 0.2) is 133 Å². The highest BCUT2D eigenvalue weighted by molar-refractivity contribution is 7.90. The summed E-state index contributed by atoms with van der Waals surface area (Å²) in [6, 6.07) is 46.0. The van der Waals surface area contributed by atoms with Crippen molar-refractivity contribution in [3.63, 3.8) is 0 Å². The Morgan fingerprint density at radius 2 is 0.618 bits per heavy atom. The van der Waals surface area contributed by atoms with Gasteiger partial charge >= 0.3 is 41.2 Å². The van der Waals surface area contributed by atoms with Gasteiger partial charge in [-0.2, -0.15) is 52.5 Å². The summed E-state index contributed by atoms with van der Waals surface area (Å²) in [6.07, 6.45) is 41.6. The van der Waals surface area contributed by atoms with Gasteiger partial charge in [0.25, 0.3) is 12.3 Å². The second kappa shape index (κ2) is 51.1. The molecule has 6 aromatic rings. The van der Waals surface area contributed by atoms with E-state index in [1.165, 1.54) is 62.1 Å². The van der Waals surface area contributed by atoms with Crippen molar-refractivity contribution in [1.29, 1.82) is 0 Å². The minimum atomic E-state index is -3.92. The Morgan fingerprint density at radius 3 is 0.910 bits per heavy atom. The first kappa shape index (κ1) is 112. The number of phenolic OH excluding ortho intramolecular Hbond substituents is 1. The number of nitrogens with two attached hydrogens (primary N) is 2. The molecule has 0 saturated heterocycles. The van der Waals surface area contributed by atoms with E-state index in [-0.39, 0.29) is 46.1 Å². The van der Waals surface area contributed by atoms with Crippen LogP contribution in [0.4, 0.5) is 0 Å². The van der Waals surface area contributed by atoms with Gasteiger partial charge in [-0.25, -0.2) is 5.14 Å². The fraction of sp³-hybridized carbons (Fsp3) is 0.690. The van der Waals surface area contributed by atoms with Crippen molar-refractivity contribution in [1.82, 2.24) is 12.9 Å². The van der Waals surface area contributed by atoms with E-state index in [4.69, 9.17) is 41.4 Å². The number of ether oxygens (including phenoxy) is 2. The molecule has 800 valence electrons. The van der Waals surface area contributed by atoms with Crippen molar-refractivity contribution in [2.24, 2.45) is 80.0 Å². The summed E-state index contributed by atoms with van der Waals surface area (Å²) >= 11 is 0.695. The lowest BCUT2D eigenvalue weighted by Crippen LogP contribution is -2.46. The van der Waals surface area contributed by atoms with E-state index in [2.05, 4.69) is 157 Å². The number of unbranched alkanes of at least 4 members (excludes halogenated alkanes) is 12. The third kappa shape index (κ3) is 26.7. The third-order valence-corrected chi connectivity index (χ3v) is 42.4. The van der Waals surface area contributed by atoms with Crippen LogP contribution in [0.5, 0.6) is 23.0 Å². The van der Waals surface area contributed by atoms with Crippen molar-refractivity contribution < 1.29 is 78.5 Å². The number of nitrogens with zero attached hydrogens (tertiary/aromatic N) is 3. The molecule has 20 atom stereocenters.